The van der Waals surface area contributed by atoms with Crippen molar-refractivity contribution in [3.8, 4) is 11.5 Å². The molecule has 2 aromatic carbocycles. The number of aromatic amines is 1. The quantitative estimate of drug-likeness (QED) is 0.222. The number of nitrogens with zero attached hydrogens (tertiary/aromatic N) is 2. The number of hydrogen-bond donors (Lipinski definition) is 4. The fourth-order valence-corrected chi connectivity index (χ4v) is 4.15. The number of halogens is 1. The number of likely N-dealkylation sites (N-methyl/N-ethyl adjacent to an activating group) is 1. The van der Waals surface area contributed by atoms with Crippen LogP contribution >= 0.6 is 0 Å². The first-order chi connectivity index (χ1) is 19.2. The molecule has 0 radical (unpaired) electrons. The van der Waals surface area contributed by atoms with E-state index in [-0.39, 0.29) is 5.91 Å². The predicted molar refractivity (Wildman–Crippen MR) is 149 cm³/mol. The smallest absolute Gasteiger partial charge is 0.267 e. The molecule has 0 atom stereocenters. The van der Waals surface area contributed by atoms with Crippen LogP contribution in [0.1, 0.15) is 23.3 Å². The second kappa shape index (κ2) is 11.1. The fourth-order valence-electron chi connectivity index (χ4n) is 4.15. The molecule has 4 aromatic rings. The monoisotopic (exact) mass is 544 g/mol. The Labute approximate surface area is 229 Å². The summed E-state index contributed by atoms with van der Waals surface area (Å²) in [6.07, 6.45) is 2.44. The van der Waals surface area contributed by atoms with Crippen LogP contribution < -0.4 is 20.7 Å². The maximum atomic E-state index is 13.1. The molecule has 10 nitrogen and oxygen atoms in total. The fraction of sp³-hybridized carbons (Fsp3) is 0.241. The third-order valence-electron chi connectivity index (χ3n) is 6.64. The van der Waals surface area contributed by atoms with Gasteiger partial charge in [0.2, 0.25) is 11.8 Å². The van der Waals surface area contributed by atoms with Crippen molar-refractivity contribution in [2.45, 2.75) is 12.8 Å². The van der Waals surface area contributed by atoms with E-state index in [1.165, 1.54) is 24.3 Å². The van der Waals surface area contributed by atoms with Crippen molar-refractivity contribution in [1.82, 2.24) is 20.2 Å². The highest BCUT2D eigenvalue weighted by molar-refractivity contribution is 6.16. The Morgan fingerprint density at radius 3 is 2.20 bits per heavy atom. The first kappa shape index (κ1) is 26.8. The molecule has 2 heterocycles. The summed E-state index contributed by atoms with van der Waals surface area (Å²) in [5.74, 6) is -0.436. The predicted octanol–water partition coefficient (Wildman–Crippen LogP) is 4.14. The molecule has 1 fully saturated rings. The number of rotatable bonds is 10. The summed E-state index contributed by atoms with van der Waals surface area (Å²) in [6, 6.07) is 15.5. The Morgan fingerprint density at radius 1 is 0.975 bits per heavy atom. The van der Waals surface area contributed by atoms with Gasteiger partial charge in [0.05, 0.1) is 5.39 Å². The van der Waals surface area contributed by atoms with E-state index >= 15 is 0 Å². The molecule has 0 unspecified atom stereocenters. The number of nitrogens with one attached hydrogen (secondary N) is 4. The average Bonchev–Trinajstić information content (AvgIpc) is 3.63. The van der Waals surface area contributed by atoms with Crippen LogP contribution in [0.3, 0.4) is 0 Å². The molecule has 1 aliphatic carbocycles. The molecule has 4 N–H and O–H groups in total. The molecule has 0 spiro atoms. The lowest BCUT2D eigenvalue weighted by Crippen LogP contribution is -2.35. The van der Waals surface area contributed by atoms with Crippen LogP contribution in [0.4, 0.5) is 15.8 Å². The Hall–Kier alpha value is -4.77. The average molecular weight is 545 g/mol. The van der Waals surface area contributed by atoms with Gasteiger partial charge in [0, 0.05) is 30.7 Å². The van der Waals surface area contributed by atoms with Crippen LogP contribution in [-0.4, -0.2) is 59.8 Å². The van der Waals surface area contributed by atoms with Gasteiger partial charge in [-0.2, -0.15) is 0 Å². The van der Waals surface area contributed by atoms with Gasteiger partial charge in [0.1, 0.15) is 34.1 Å². The van der Waals surface area contributed by atoms with Gasteiger partial charge < -0.3 is 30.6 Å². The minimum absolute atomic E-state index is 0.231. The number of aromatic nitrogens is 2. The van der Waals surface area contributed by atoms with Crippen molar-refractivity contribution in [1.29, 1.82) is 0 Å². The molecule has 206 valence electrons. The van der Waals surface area contributed by atoms with Gasteiger partial charge in [0.15, 0.2) is 0 Å². The Morgan fingerprint density at radius 2 is 1.60 bits per heavy atom. The number of benzene rings is 2. The van der Waals surface area contributed by atoms with E-state index in [9.17, 15) is 18.8 Å². The Bertz CT molecular complexity index is 1550. The zero-order valence-corrected chi connectivity index (χ0v) is 22.1. The summed E-state index contributed by atoms with van der Waals surface area (Å²) < 4.78 is 19.2. The number of fused-ring (bicyclic) bond motifs is 1. The van der Waals surface area contributed by atoms with Gasteiger partial charge in [-0.1, -0.05) is 0 Å². The van der Waals surface area contributed by atoms with Gasteiger partial charge in [-0.25, -0.2) is 9.37 Å². The van der Waals surface area contributed by atoms with Gasteiger partial charge in [0.25, 0.3) is 5.91 Å². The highest BCUT2D eigenvalue weighted by Crippen LogP contribution is 2.47. The van der Waals surface area contributed by atoms with Gasteiger partial charge in [-0.15, -0.1) is 0 Å². The summed E-state index contributed by atoms with van der Waals surface area (Å²) in [4.78, 5) is 47.5. The van der Waals surface area contributed by atoms with E-state index in [1.807, 2.05) is 19.0 Å². The maximum Gasteiger partial charge on any atom is 0.267 e. The molecule has 1 aliphatic rings. The van der Waals surface area contributed by atoms with Crippen LogP contribution in [0, 0.1) is 11.2 Å². The van der Waals surface area contributed by atoms with E-state index < -0.39 is 23.0 Å². The molecule has 40 heavy (non-hydrogen) atoms. The van der Waals surface area contributed by atoms with Crippen molar-refractivity contribution in [2.75, 3.05) is 37.8 Å². The lowest BCUT2D eigenvalue weighted by molar-refractivity contribution is -0.131. The van der Waals surface area contributed by atoms with Crippen molar-refractivity contribution in [3.63, 3.8) is 0 Å². The molecule has 3 amide bonds. The normalized spacial score (nSPS) is 13.6. The number of hydrogen-bond acceptors (Lipinski definition) is 6. The van der Waals surface area contributed by atoms with Crippen LogP contribution in [-0.2, 0) is 9.59 Å². The van der Waals surface area contributed by atoms with Gasteiger partial charge in [-0.3, -0.25) is 14.4 Å². The zero-order valence-electron chi connectivity index (χ0n) is 22.1. The third kappa shape index (κ3) is 5.94. The molecule has 5 rings (SSSR count). The van der Waals surface area contributed by atoms with Crippen LogP contribution in [0.15, 0.2) is 66.9 Å². The Kier molecular flexibility index (Phi) is 7.47. The largest absolute Gasteiger partial charge is 0.457 e. The number of amides is 3. The second-order valence-electron chi connectivity index (χ2n) is 9.94. The summed E-state index contributed by atoms with van der Waals surface area (Å²) in [7, 11) is 3.87. The number of ether oxygens (including phenoxy) is 1. The molecular weight excluding hydrogens is 515 g/mol. The zero-order chi connectivity index (χ0) is 28.3. The first-order valence-electron chi connectivity index (χ1n) is 12.8. The Balaban J connectivity index is 1.21. The number of carbonyl (C=O) groups is 3. The van der Waals surface area contributed by atoms with E-state index in [1.54, 1.807) is 42.6 Å². The number of anilines is 2. The number of H-pyrrole nitrogens is 1. The highest BCUT2D eigenvalue weighted by Gasteiger charge is 2.56. The molecule has 2 aromatic heterocycles. The molecule has 0 saturated heterocycles. The van der Waals surface area contributed by atoms with E-state index in [0.29, 0.717) is 59.0 Å². The number of pyridine rings is 1. The van der Waals surface area contributed by atoms with Gasteiger partial charge >= 0.3 is 0 Å². The summed E-state index contributed by atoms with van der Waals surface area (Å²) in [5.41, 5.74) is 0.686. The SMILES string of the molecule is CN(C)CCNC(=O)c1cc2c(Oc3ccc(NC(=O)C4(C(=O)Nc5ccc(F)cc5)CC4)cc3)ccnc2[nH]1. The standard InChI is InChI=1S/C29H29FN6O4/c1-36(2)16-15-32-26(37)23-17-22-24(11-14-31-25(22)35-23)40-21-9-7-20(8-10-21)34-28(39)29(12-13-29)27(38)33-19-5-3-18(30)4-6-19/h3-11,14,17H,12-13,15-16H2,1-2H3,(H,31,35)(H,32,37)(H,33,38)(H,34,39). The van der Waals surface area contributed by atoms with Crippen molar-refractivity contribution in [2.24, 2.45) is 5.41 Å². The lowest BCUT2D eigenvalue weighted by atomic mass is 10.0. The van der Waals surface area contributed by atoms with Crippen molar-refractivity contribution < 1.29 is 23.5 Å². The van der Waals surface area contributed by atoms with Gasteiger partial charge in [-0.05, 0) is 87.6 Å². The van der Waals surface area contributed by atoms with E-state index in [0.717, 1.165) is 6.54 Å². The molecular formula is C29H29FN6O4. The molecule has 1 saturated carbocycles. The van der Waals surface area contributed by atoms with E-state index in [4.69, 9.17) is 4.74 Å². The van der Waals surface area contributed by atoms with E-state index in [2.05, 4.69) is 25.9 Å². The second-order valence-corrected chi connectivity index (χ2v) is 9.94. The molecule has 0 bridgehead atoms. The lowest BCUT2D eigenvalue weighted by Gasteiger charge is -2.16. The maximum absolute atomic E-state index is 13.1. The van der Waals surface area contributed by atoms with Crippen LogP contribution in [0.5, 0.6) is 11.5 Å². The number of carbonyl (C=O) groups excluding carboxylic acids is 3. The summed E-state index contributed by atoms with van der Waals surface area (Å²) >= 11 is 0. The third-order valence-corrected chi connectivity index (χ3v) is 6.64. The summed E-state index contributed by atoms with van der Waals surface area (Å²) in [6.45, 7) is 1.24. The highest BCUT2D eigenvalue weighted by atomic mass is 19.1. The molecule has 11 heteroatoms. The topological polar surface area (TPSA) is 128 Å². The minimum atomic E-state index is -1.16. The van der Waals surface area contributed by atoms with Crippen LogP contribution in [0.25, 0.3) is 11.0 Å². The first-order valence-corrected chi connectivity index (χ1v) is 12.8. The van der Waals surface area contributed by atoms with Crippen molar-refractivity contribution >= 4 is 40.1 Å². The minimum Gasteiger partial charge on any atom is -0.457 e. The van der Waals surface area contributed by atoms with Crippen LogP contribution in [0.2, 0.25) is 0 Å². The van der Waals surface area contributed by atoms with Crippen molar-refractivity contribution in [3.05, 3.63) is 78.4 Å². The summed E-state index contributed by atoms with van der Waals surface area (Å²) in [5, 5.41) is 9.01. The molecule has 0 aliphatic heterocycles.